The molecule has 0 aliphatic rings. The van der Waals surface area contributed by atoms with Crippen LogP contribution in [0.4, 0.5) is 5.69 Å². The molecule has 3 aromatic rings. The molecule has 0 heterocycles. The van der Waals surface area contributed by atoms with Crippen LogP contribution in [0.15, 0.2) is 83.8 Å². The molecule has 3 aromatic carbocycles. The van der Waals surface area contributed by atoms with Crippen molar-refractivity contribution in [2.45, 2.75) is 38.1 Å². The highest BCUT2D eigenvalue weighted by atomic mass is 32.2. The molecule has 0 spiro atoms. The van der Waals surface area contributed by atoms with E-state index in [-0.39, 0.29) is 17.5 Å². The van der Waals surface area contributed by atoms with Crippen molar-refractivity contribution in [1.82, 2.24) is 5.32 Å². The van der Waals surface area contributed by atoms with Crippen molar-refractivity contribution in [2.24, 2.45) is 5.92 Å². The zero-order valence-corrected chi connectivity index (χ0v) is 22.0. The molecular weight excluding hydrogens is 476 g/mol. The van der Waals surface area contributed by atoms with Gasteiger partial charge in [0.2, 0.25) is 5.91 Å². The number of anilines is 1. The van der Waals surface area contributed by atoms with Gasteiger partial charge in [-0.1, -0.05) is 44.2 Å². The molecule has 192 valence electrons. The quantitative estimate of drug-likeness (QED) is 0.362. The summed E-state index contributed by atoms with van der Waals surface area (Å²) in [7, 11) is -2.39. The first-order valence-electron chi connectivity index (χ1n) is 12.0. The Kier molecular flexibility index (Phi) is 9.36. The largest absolute Gasteiger partial charge is 0.497 e. The molecule has 0 aliphatic heterocycles. The number of nitrogens with zero attached hydrogens (tertiary/aromatic N) is 1. The van der Waals surface area contributed by atoms with E-state index in [1.807, 2.05) is 31.2 Å². The van der Waals surface area contributed by atoms with Crippen molar-refractivity contribution in [3.8, 4) is 11.5 Å². The molecule has 1 atom stereocenters. The molecule has 0 saturated heterocycles. The maximum atomic E-state index is 13.6. The topological polar surface area (TPSA) is 84.9 Å². The Morgan fingerprint density at radius 2 is 1.53 bits per heavy atom. The second kappa shape index (κ2) is 12.4. The van der Waals surface area contributed by atoms with E-state index < -0.39 is 15.9 Å². The van der Waals surface area contributed by atoms with Crippen LogP contribution < -0.4 is 19.1 Å². The first-order valence-corrected chi connectivity index (χ1v) is 13.4. The fourth-order valence-corrected chi connectivity index (χ4v) is 5.31. The number of amides is 1. The number of nitrogens with one attached hydrogen (secondary N) is 1. The number of methoxy groups -OCH3 is 1. The van der Waals surface area contributed by atoms with Gasteiger partial charge in [-0.05, 0) is 73.4 Å². The van der Waals surface area contributed by atoms with Crippen LogP contribution in [-0.2, 0) is 14.8 Å². The van der Waals surface area contributed by atoms with Crippen molar-refractivity contribution in [3.63, 3.8) is 0 Å². The van der Waals surface area contributed by atoms with Gasteiger partial charge in [-0.25, -0.2) is 8.42 Å². The maximum Gasteiger partial charge on any atom is 0.264 e. The summed E-state index contributed by atoms with van der Waals surface area (Å²) in [4.78, 5) is 13.4. The second-order valence-corrected chi connectivity index (χ2v) is 10.6. The minimum absolute atomic E-state index is 0.112. The van der Waals surface area contributed by atoms with Crippen LogP contribution >= 0.6 is 0 Å². The number of sulfonamides is 1. The zero-order chi connectivity index (χ0) is 26.1. The van der Waals surface area contributed by atoms with Crippen LogP contribution in [0.3, 0.4) is 0 Å². The smallest absolute Gasteiger partial charge is 0.264 e. The van der Waals surface area contributed by atoms with Crippen molar-refractivity contribution >= 4 is 21.6 Å². The summed E-state index contributed by atoms with van der Waals surface area (Å²) in [6.07, 6.45) is 0.701. The van der Waals surface area contributed by atoms with E-state index in [4.69, 9.17) is 9.47 Å². The predicted octanol–water partition coefficient (Wildman–Crippen LogP) is 5.19. The first kappa shape index (κ1) is 27.1. The summed E-state index contributed by atoms with van der Waals surface area (Å²) in [6.45, 7) is 6.16. The predicted molar refractivity (Wildman–Crippen MR) is 142 cm³/mol. The monoisotopic (exact) mass is 510 g/mol. The number of benzene rings is 3. The Morgan fingerprint density at radius 3 is 2.08 bits per heavy atom. The van der Waals surface area contributed by atoms with E-state index in [1.54, 1.807) is 49.6 Å². The van der Waals surface area contributed by atoms with E-state index in [1.165, 1.54) is 12.1 Å². The molecule has 7 nitrogen and oxygen atoms in total. The van der Waals surface area contributed by atoms with Gasteiger partial charge in [0.1, 0.15) is 18.0 Å². The highest BCUT2D eigenvalue weighted by Gasteiger charge is 2.28. The third-order valence-corrected chi connectivity index (χ3v) is 7.40. The molecule has 1 N–H and O–H groups in total. The highest BCUT2D eigenvalue weighted by molar-refractivity contribution is 7.92. The third-order valence-electron chi connectivity index (χ3n) is 5.61. The summed E-state index contributed by atoms with van der Waals surface area (Å²) >= 11 is 0. The molecule has 0 aromatic heterocycles. The Bertz CT molecular complexity index is 1210. The Morgan fingerprint density at radius 1 is 0.917 bits per heavy atom. The lowest BCUT2D eigenvalue weighted by Crippen LogP contribution is -2.42. The first-order chi connectivity index (χ1) is 17.2. The molecule has 8 heteroatoms. The minimum atomic E-state index is -3.99. The molecule has 3 rings (SSSR count). The van der Waals surface area contributed by atoms with E-state index in [0.717, 1.165) is 15.6 Å². The molecule has 0 radical (unpaired) electrons. The fraction of sp³-hybridized carbons (Fsp3) is 0.321. The Balaban J connectivity index is 1.90. The summed E-state index contributed by atoms with van der Waals surface area (Å²) in [5.74, 6) is 1.26. The van der Waals surface area contributed by atoms with Crippen LogP contribution in [0.1, 0.15) is 38.8 Å². The Hall–Kier alpha value is -3.52. The van der Waals surface area contributed by atoms with E-state index >= 15 is 0 Å². The molecule has 0 aliphatic carbocycles. The lowest BCUT2D eigenvalue weighted by Gasteiger charge is -2.27. The summed E-state index contributed by atoms with van der Waals surface area (Å²) < 4.78 is 39.0. The molecule has 36 heavy (non-hydrogen) atoms. The Labute approximate surface area is 214 Å². The van der Waals surface area contributed by atoms with Crippen LogP contribution in [0.2, 0.25) is 0 Å². The average Bonchev–Trinajstić information content (AvgIpc) is 2.88. The van der Waals surface area contributed by atoms with Crippen molar-refractivity contribution < 1.29 is 22.7 Å². The SMILES string of the molecule is CCOc1ccc(N(CC(=O)N[C@H](CC(C)C)c2ccc(OC)cc2)S(=O)(=O)c2ccccc2)cc1. The lowest BCUT2D eigenvalue weighted by atomic mass is 9.97. The van der Waals surface area contributed by atoms with Crippen molar-refractivity contribution in [1.29, 1.82) is 0 Å². The summed E-state index contributed by atoms with van der Waals surface area (Å²) in [5, 5.41) is 3.05. The minimum Gasteiger partial charge on any atom is -0.497 e. The van der Waals surface area contributed by atoms with Gasteiger partial charge in [0, 0.05) is 0 Å². The van der Waals surface area contributed by atoms with Gasteiger partial charge in [0.15, 0.2) is 0 Å². The molecule has 1 amide bonds. The number of carbonyl (C=O) groups is 1. The molecule has 0 bridgehead atoms. The van der Waals surface area contributed by atoms with Gasteiger partial charge < -0.3 is 14.8 Å². The van der Waals surface area contributed by atoms with Crippen LogP contribution in [0.5, 0.6) is 11.5 Å². The third kappa shape index (κ3) is 7.01. The van der Waals surface area contributed by atoms with Gasteiger partial charge in [0.25, 0.3) is 10.0 Å². The van der Waals surface area contributed by atoms with Crippen LogP contribution in [-0.4, -0.2) is 34.6 Å². The van der Waals surface area contributed by atoms with E-state index in [0.29, 0.717) is 30.4 Å². The number of ether oxygens (including phenoxy) is 2. The van der Waals surface area contributed by atoms with Crippen molar-refractivity contribution in [3.05, 3.63) is 84.4 Å². The fourth-order valence-electron chi connectivity index (χ4n) is 3.87. The molecule has 0 saturated carbocycles. The second-order valence-electron chi connectivity index (χ2n) is 8.77. The van der Waals surface area contributed by atoms with Gasteiger partial charge in [-0.15, -0.1) is 0 Å². The summed E-state index contributed by atoms with van der Waals surface area (Å²) in [6, 6.07) is 22.0. The van der Waals surface area contributed by atoms with Crippen LogP contribution in [0, 0.1) is 5.92 Å². The summed E-state index contributed by atoms with van der Waals surface area (Å²) in [5.41, 5.74) is 1.30. The van der Waals surface area contributed by atoms with Crippen molar-refractivity contribution in [2.75, 3.05) is 24.6 Å². The number of rotatable bonds is 12. The molecule has 0 unspecified atom stereocenters. The average molecular weight is 511 g/mol. The van der Waals surface area contributed by atoms with Gasteiger partial charge >= 0.3 is 0 Å². The maximum absolute atomic E-state index is 13.6. The number of hydrogen-bond donors (Lipinski definition) is 1. The lowest BCUT2D eigenvalue weighted by molar-refractivity contribution is -0.120. The highest BCUT2D eigenvalue weighted by Crippen LogP contribution is 2.27. The zero-order valence-electron chi connectivity index (χ0n) is 21.2. The van der Waals surface area contributed by atoms with Gasteiger partial charge in [-0.2, -0.15) is 0 Å². The number of hydrogen-bond acceptors (Lipinski definition) is 5. The van der Waals surface area contributed by atoms with Gasteiger partial charge in [0.05, 0.1) is 30.3 Å². The normalized spacial score (nSPS) is 12.1. The number of carbonyl (C=O) groups excluding carboxylic acids is 1. The molecule has 0 fully saturated rings. The molecular formula is C28H34N2O5S. The standard InChI is InChI=1S/C28H34N2O5S/c1-5-35-25-17-13-23(14-18-25)30(36(32,33)26-9-7-6-8-10-26)20-28(31)29-27(19-21(2)3)22-11-15-24(34-4)16-12-22/h6-18,21,27H,5,19-20H2,1-4H3,(H,29,31)/t27-/m1/s1. The van der Waals surface area contributed by atoms with E-state index in [9.17, 15) is 13.2 Å². The van der Waals surface area contributed by atoms with Crippen LogP contribution in [0.25, 0.3) is 0 Å². The van der Waals surface area contributed by atoms with E-state index in [2.05, 4.69) is 19.2 Å². The van der Waals surface area contributed by atoms with Gasteiger partial charge in [-0.3, -0.25) is 9.10 Å².